The second-order valence-corrected chi connectivity index (χ2v) is 3.86. The highest BCUT2D eigenvalue weighted by molar-refractivity contribution is 7.80. The summed E-state index contributed by atoms with van der Waals surface area (Å²) in [5.41, 5.74) is 0.807. The Labute approximate surface area is 95.2 Å². The molecule has 1 rings (SSSR count). The van der Waals surface area contributed by atoms with Crippen molar-refractivity contribution >= 4 is 17.2 Å². The SMILES string of the molecule is COc1ccc(C(=S)N(O)C(C)C)cc1. The van der Waals surface area contributed by atoms with Gasteiger partial charge in [-0.3, -0.25) is 5.21 Å². The van der Waals surface area contributed by atoms with Crippen molar-refractivity contribution < 1.29 is 9.94 Å². The van der Waals surface area contributed by atoms with Crippen LogP contribution in [0.15, 0.2) is 24.3 Å². The summed E-state index contributed by atoms with van der Waals surface area (Å²) in [6, 6.07) is 7.25. The van der Waals surface area contributed by atoms with Gasteiger partial charge in [0.2, 0.25) is 0 Å². The van der Waals surface area contributed by atoms with Crippen LogP contribution >= 0.6 is 12.2 Å². The van der Waals surface area contributed by atoms with Crippen molar-refractivity contribution in [2.75, 3.05) is 7.11 Å². The minimum atomic E-state index is -0.0281. The standard InChI is InChI=1S/C11H15NO2S/c1-8(2)12(13)11(15)9-4-6-10(14-3)7-5-9/h4-8,13H,1-3H3. The van der Waals surface area contributed by atoms with E-state index in [1.54, 1.807) is 7.11 Å². The summed E-state index contributed by atoms with van der Waals surface area (Å²) in [5.74, 6) is 0.774. The van der Waals surface area contributed by atoms with Gasteiger partial charge < -0.3 is 4.74 Å². The van der Waals surface area contributed by atoms with Gasteiger partial charge in [0.05, 0.1) is 13.2 Å². The second-order valence-electron chi connectivity index (χ2n) is 3.47. The predicted octanol–water partition coefficient (Wildman–Crippen LogP) is 2.47. The maximum Gasteiger partial charge on any atom is 0.134 e. The highest BCUT2D eigenvalue weighted by Gasteiger charge is 2.12. The fourth-order valence-corrected chi connectivity index (χ4v) is 1.45. The van der Waals surface area contributed by atoms with Crippen LogP contribution in [0.5, 0.6) is 5.75 Å². The average molecular weight is 225 g/mol. The Morgan fingerprint density at radius 1 is 1.33 bits per heavy atom. The van der Waals surface area contributed by atoms with E-state index in [-0.39, 0.29) is 6.04 Å². The molecule has 1 N–H and O–H groups in total. The summed E-state index contributed by atoms with van der Waals surface area (Å²) < 4.78 is 5.04. The monoisotopic (exact) mass is 225 g/mol. The van der Waals surface area contributed by atoms with E-state index in [0.29, 0.717) is 4.99 Å². The molecule has 3 nitrogen and oxygen atoms in total. The van der Waals surface area contributed by atoms with Crippen LogP contribution in [0.25, 0.3) is 0 Å². The summed E-state index contributed by atoms with van der Waals surface area (Å²) in [6.07, 6.45) is 0. The lowest BCUT2D eigenvalue weighted by Crippen LogP contribution is -2.32. The molecule has 0 aliphatic carbocycles. The minimum absolute atomic E-state index is 0.0281. The Hall–Kier alpha value is -1.13. The van der Waals surface area contributed by atoms with Crippen LogP contribution < -0.4 is 4.74 Å². The van der Waals surface area contributed by atoms with Gasteiger partial charge in [-0.2, -0.15) is 0 Å². The third-order valence-electron chi connectivity index (χ3n) is 2.03. The third kappa shape index (κ3) is 2.91. The fraction of sp³-hybridized carbons (Fsp3) is 0.364. The Bertz CT molecular complexity index is 335. The van der Waals surface area contributed by atoms with Gasteiger partial charge in [0, 0.05) is 5.56 Å². The van der Waals surface area contributed by atoms with Crippen LogP contribution in [-0.2, 0) is 0 Å². The van der Waals surface area contributed by atoms with Gasteiger partial charge in [-0.05, 0) is 38.1 Å². The van der Waals surface area contributed by atoms with Gasteiger partial charge in [0.1, 0.15) is 10.7 Å². The van der Waals surface area contributed by atoms with E-state index >= 15 is 0 Å². The zero-order chi connectivity index (χ0) is 11.4. The van der Waals surface area contributed by atoms with Crippen LogP contribution in [0.1, 0.15) is 19.4 Å². The number of hydrogen-bond donors (Lipinski definition) is 1. The van der Waals surface area contributed by atoms with Crippen LogP contribution in [-0.4, -0.2) is 28.4 Å². The normalized spacial score (nSPS) is 10.2. The van der Waals surface area contributed by atoms with Crippen molar-refractivity contribution in [3.05, 3.63) is 29.8 Å². The van der Waals surface area contributed by atoms with Crippen LogP contribution in [0.4, 0.5) is 0 Å². The molecule has 0 fully saturated rings. The van der Waals surface area contributed by atoms with Crippen LogP contribution in [0.3, 0.4) is 0 Å². The van der Waals surface area contributed by atoms with Gasteiger partial charge in [-0.25, -0.2) is 5.06 Å². The molecule has 0 aromatic heterocycles. The minimum Gasteiger partial charge on any atom is -0.497 e. The van der Waals surface area contributed by atoms with Gasteiger partial charge in [0.25, 0.3) is 0 Å². The Kier molecular flexibility index (Phi) is 4.05. The van der Waals surface area contributed by atoms with Crippen molar-refractivity contribution in [1.82, 2.24) is 5.06 Å². The number of thiocarbonyl (C=S) groups is 1. The maximum atomic E-state index is 9.64. The molecule has 82 valence electrons. The highest BCUT2D eigenvalue weighted by atomic mass is 32.1. The smallest absolute Gasteiger partial charge is 0.134 e. The fourth-order valence-electron chi connectivity index (χ4n) is 1.10. The van der Waals surface area contributed by atoms with Gasteiger partial charge in [-0.15, -0.1) is 0 Å². The molecule has 0 heterocycles. The van der Waals surface area contributed by atoms with E-state index in [1.807, 2.05) is 38.1 Å². The van der Waals surface area contributed by atoms with Crippen molar-refractivity contribution in [3.63, 3.8) is 0 Å². The summed E-state index contributed by atoms with van der Waals surface area (Å²) >= 11 is 5.13. The number of methoxy groups -OCH3 is 1. The summed E-state index contributed by atoms with van der Waals surface area (Å²) in [5, 5.41) is 10.7. The molecule has 1 aromatic rings. The molecule has 0 atom stereocenters. The first-order chi connectivity index (χ1) is 7.06. The van der Waals surface area contributed by atoms with Crippen molar-refractivity contribution in [1.29, 1.82) is 0 Å². The molecule has 0 saturated heterocycles. The van der Waals surface area contributed by atoms with Crippen molar-refractivity contribution in [2.24, 2.45) is 0 Å². The summed E-state index contributed by atoms with van der Waals surface area (Å²) in [4.78, 5) is 0.424. The molecule has 15 heavy (non-hydrogen) atoms. The molecular weight excluding hydrogens is 210 g/mol. The largest absolute Gasteiger partial charge is 0.497 e. The number of benzene rings is 1. The predicted molar refractivity (Wildman–Crippen MR) is 63.5 cm³/mol. The summed E-state index contributed by atoms with van der Waals surface area (Å²) in [7, 11) is 1.61. The lowest BCUT2D eigenvalue weighted by Gasteiger charge is -2.21. The van der Waals surface area contributed by atoms with Crippen LogP contribution in [0.2, 0.25) is 0 Å². The molecule has 0 aliphatic heterocycles. The molecule has 0 saturated carbocycles. The maximum absolute atomic E-state index is 9.64. The quantitative estimate of drug-likeness (QED) is 0.633. The van der Waals surface area contributed by atoms with Crippen LogP contribution in [0, 0.1) is 0 Å². The molecule has 0 radical (unpaired) electrons. The van der Waals surface area contributed by atoms with Gasteiger partial charge in [-0.1, -0.05) is 12.2 Å². The molecule has 4 heteroatoms. The Morgan fingerprint density at radius 2 is 1.87 bits per heavy atom. The first kappa shape index (κ1) is 11.9. The van der Waals surface area contributed by atoms with Crippen molar-refractivity contribution in [2.45, 2.75) is 19.9 Å². The Balaban J connectivity index is 2.83. The number of rotatable bonds is 3. The number of hydrogen-bond acceptors (Lipinski definition) is 3. The molecular formula is C11H15NO2S. The van der Waals surface area contributed by atoms with E-state index in [2.05, 4.69) is 0 Å². The highest BCUT2D eigenvalue weighted by Crippen LogP contribution is 2.14. The van der Waals surface area contributed by atoms with E-state index in [0.717, 1.165) is 16.4 Å². The molecule has 0 spiro atoms. The van der Waals surface area contributed by atoms with Gasteiger partial charge >= 0.3 is 0 Å². The second kappa shape index (κ2) is 5.09. The zero-order valence-electron chi connectivity index (χ0n) is 9.10. The molecule has 1 aromatic carbocycles. The van der Waals surface area contributed by atoms with E-state index in [9.17, 15) is 5.21 Å². The Morgan fingerprint density at radius 3 is 2.27 bits per heavy atom. The average Bonchev–Trinajstić information content (AvgIpc) is 2.27. The lowest BCUT2D eigenvalue weighted by atomic mass is 10.2. The zero-order valence-corrected chi connectivity index (χ0v) is 9.91. The van der Waals surface area contributed by atoms with E-state index in [1.165, 1.54) is 0 Å². The number of ether oxygens (including phenoxy) is 1. The molecule has 0 aliphatic rings. The van der Waals surface area contributed by atoms with Crippen molar-refractivity contribution in [3.8, 4) is 5.75 Å². The van der Waals surface area contributed by atoms with Gasteiger partial charge in [0.15, 0.2) is 0 Å². The molecule has 0 amide bonds. The van der Waals surface area contributed by atoms with E-state index in [4.69, 9.17) is 17.0 Å². The topological polar surface area (TPSA) is 32.7 Å². The lowest BCUT2D eigenvalue weighted by molar-refractivity contribution is -0.0383. The third-order valence-corrected chi connectivity index (χ3v) is 2.46. The first-order valence-electron chi connectivity index (χ1n) is 4.72. The number of nitrogens with zero attached hydrogens (tertiary/aromatic N) is 1. The van der Waals surface area contributed by atoms with E-state index < -0.39 is 0 Å². The number of hydroxylamine groups is 2. The first-order valence-corrected chi connectivity index (χ1v) is 5.13. The summed E-state index contributed by atoms with van der Waals surface area (Å²) in [6.45, 7) is 3.74. The molecule has 0 bridgehead atoms. The molecule has 0 unspecified atom stereocenters.